The zero-order valence-electron chi connectivity index (χ0n) is 16.5. The number of anilines is 1. The van der Waals surface area contributed by atoms with Gasteiger partial charge in [0.05, 0.1) is 10.9 Å². The van der Waals surface area contributed by atoms with Crippen molar-refractivity contribution in [1.82, 2.24) is 4.42 Å². The number of ether oxygens (including phenoxy) is 1. The van der Waals surface area contributed by atoms with Crippen LogP contribution in [0.15, 0.2) is 93.8 Å². The fourth-order valence-corrected chi connectivity index (χ4v) is 3.99. The Kier molecular flexibility index (Phi) is 5.59. The number of terminal acetylenes is 1. The van der Waals surface area contributed by atoms with Crippen LogP contribution in [0.25, 0.3) is 0 Å². The molecule has 0 bridgehead atoms. The summed E-state index contributed by atoms with van der Waals surface area (Å²) in [6, 6.07) is 13.5. The maximum Gasteiger partial charge on any atom is 0.175 e. The second-order valence-corrected chi connectivity index (χ2v) is 9.35. The van der Waals surface area contributed by atoms with Gasteiger partial charge in [0.2, 0.25) is 0 Å². The maximum atomic E-state index is 11.6. The summed E-state index contributed by atoms with van der Waals surface area (Å²) in [7, 11) is -3.26. The number of nitrogens with zero attached hydrogens (tertiary/aromatic N) is 2. The molecule has 156 valence electrons. The second kappa shape index (κ2) is 8.34. The first kappa shape index (κ1) is 20.8. The van der Waals surface area contributed by atoms with Crippen molar-refractivity contribution >= 4 is 33.6 Å². The van der Waals surface area contributed by atoms with Gasteiger partial charge in [0.25, 0.3) is 0 Å². The molecule has 1 atom stereocenters. The van der Waals surface area contributed by atoms with Crippen molar-refractivity contribution in [1.29, 1.82) is 0 Å². The second-order valence-electron chi connectivity index (χ2n) is 6.94. The number of benzene rings is 2. The number of nitrogens with one attached hydrogen (secondary N) is 1. The van der Waals surface area contributed by atoms with Gasteiger partial charge in [0, 0.05) is 34.9 Å². The lowest BCUT2D eigenvalue weighted by Crippen LogP contribution is -2.32. The molecule has 0 saturated carbocycles. The maximum absolute atomic E-state index is 11.6. The molecular weight excluding hydrogens is 434 g/mol. The van der Waals surface area contributed by atoms with Crippen LogP contribution in [0.5, 0.6) is 5.75 Å². The van der Waals surface area contributed by atoms with E-state index in [1.807, 2.05) is 42.5 Å². The summed E-state index contributed by atoms with van der Waals surface area (Å²) in [6.45, 7) is 0. The van der Waals surface area contributed by atoms with E-state index < -0.39 is 9.84 Å². The van der Waals surface area contributed by atoms with Gasteiger partial charge in [0.15, 0.2) is 9.84 Å². The lowest BCUT2D eigenvalue weighted by atomic mass is 10.00. The molecule has 31 heavy (non-hydrogen) atoms. The highest BCUT2D eigenvalue weighted by Gasteiger charge is 2.26. The highest BCUT2D eigenvalue weighted by atomic mass is 35.5. The first-order valence-corrected chi connectivity index (χ1v) is 11.5. The van der Waals surface area contributed by atoms with Gasteiger partial charge in [-0.3, -0.25) is 4.42 Å². The van der Waals surface area contributed by atoms with Crippen LogP contribution in [0.2, 0.25) is 0 Å². The molecule has 1 unspecified atom stereocenters. The highest BCUT2D eigenvalue weighted by molar-refractivity contribution is 7.90. The molecule has 0 radical (unpaired) electrons. The number of hydrogen-bond acceptors (Lipinski definition) is 6. The number of fused-ring (bicyclic) bond motifs is 1. The van der Waals surface area contributed by atoms with E-state index in [0.29, 0.717) is 17.3 Å². The van der Waals surface area contributed by atoms with E-state index in [-0.39, 0.29) is 10.9 Å². The van der Waals surface area contributed by atoms with Crippen molar-refractivity contribution in [2.75, 3.05) is 11.6 Å². The molecule has 8 heteroatoms. The van der Waals surface area contributed by atoms with E-state index in [2.05, 4.69) is 16.2 Å². The monoisotopic (exact) mass is 451 g/mol. The largest absolute Gasteiger partial charge is 0.457 e. The van der Waals surface area contributed by atoms with Crippen molar-refractivity contribution in [3.8, 4) is 18.1 Å². The summed E-state index contributed by atoms with van der Waals surface area (Å²) in [5, 5.41) is 3.28. The third-order valence-electron chi connectivity index (χ3n) is 4.68. The summed E-state index contributed by atoms with van der Waals surface area (Å²) < 4.78 is 30.7. The first-order chi connectivity index (χ1) is 14.8. The van der Waals surface area contributed by atoms with Crippen LogP contribution in [0.3, 0.4) is 0 Å². The molecular formula is C23H18ClN3O3S. The van der Waals surface area contributed by atoms with Gasteiger partial charge in [-0.2, -0.15) is 0 Å². The Labute approximate surface area is 186 Å². The van der Waals surface area contributed by atoms with E-state index in [9.17, 15) is 8.42 Å². The van der Waals surface area contributed by atoms with Crippen LogP contribution < -0.4 is 10.1 Å². The molecule has 6 nitrogen and oxygen atoms in total. The minimum Gasteiger partial charge on any atom is -0.457 e. The molecule has 0 aromatic heterocycles. The zero-order valence-corrected chi connectivity index (χ0v) is 18.1. The van der Waals surface area contributed by atoms with Gasteiger partial charge < -0.3 is 10.1 Å². The Hall–Kier alpha value is -3.47. The average Bonchev–Trinajstić information content (AvgIpc) is 2.76. The average molecular weight is 452 g/mol. The van der Waals surface area contributed by atoms with Gasteiger partial charge in [-0.15, -0.1) is 6.42 Å². The summed E-state index contributed by atoms with van der Waals surface area (Å²) in [5.74, 6) is 4.31. The standard InChI is InChI=1S/C23H18ClN3O3S/c1-3-16-5-4-6-17(13-16)26-23-21-14-19(9-12-22(21)27(24)15-25-23)30-18-7-10-20(11-8-18)31(2,28)29/h1,4-15,22,26H,2H3. The molecule has 1 aliphatic heterocycles. The van der Waals surface area contributed by atoms with Crippen molar-refractivity contribution in [3.05, 3.63) is 89.5 Å². The SMILES string of the molecule is C#Cc1cccc(NC2=C3C=C(Oc4ccc(S(C)(=O)=O)cc4)C=CC3N(Cl)C=N2)c1. The fraction of sp³-hybridized carbons (Fsp3) is 0.0870. The Bertz CT molecular complexity index is 1290. The number of aliphatic imine (C=N–C) groups is 1. The smallest absolute Gasteiger partial charge is 0.175 e. The summed E-state index contributed by atoms with van der Waals surface area (Å²) in [6.07, 6.45) is 13.7. The van der Waals surface area contributed by atoms with E-state index >= 15 is 0 Å². The van der Waals surface area contributed by atoms with Crippen molar-refractivity contribution in [2.45, 2.75) is 10.9 Å². The molecule has 0 amide bonds. The number of hydrogen-bond donors (Lipinski definition) is 1. The predicted molar refractivity (Wildman–Crippen MR) is 122 cm³/mol. The quantitative estimate of drug-likeness (QED) is 0.547. The number of sulfone groups is 1. The first-order valence-electron chi connectivity index (χ1n) is 9.27. The number of halogens is 1. The topological polar surface area (TPSA) is 71.0 Å². The fourth-order valence-electron chi connectivity index (χ4n) is 3.14. The lowest BCUT2D eigenvalue weighted by Gasteiger charge is -2.29. The molecule has 2 aliphatic rings. The van der Waals surface area contributed by atoms with Gasteiger partial charge in [-0.1, -0.05) is 18.1 Å². The lowest BCUT2D eigenvalue weighted by molar-refractivity contribution is 0.437. The molecule has 0 saturated heterocycles. The zero-order chi connectivity index (χ0) is 22.0. The normalized spacial score (nSPS) is 17.6. The van der Waals surface area contributed by atoms with Crippen LogP contribution in [-0.2, 0) is 9.84 Å². The Balaban J connectivity index is 1.62. The van der Waals surface area contributed by atoms with Crippen LogP contribution >= 0.6 is 11.8 Å². The number of allylic oxidation sites excluding steroid dienone is 1. The van der Waals surface area contributed by atoms with Crippen LogP contribution in [-0.4, -0.2) is 31.5 Å². The summed E-state index contributed by atoms with van der Waals surface area (Å²) >= 11 is 6.29. The van der Waals surface area contributed by atoms with Gasteiger partial charge in [-0.05, 0) is 54.6 Å². The minimum absolute atomic E-state index is 0.225. The third-order valence-corrected chi connectivity index (χ3v) is 6.10. The Morgan fingerprint density at radius 3 is 2.71 bits per heavy atom. The predicted octanol–water partition coefficient (Wildman–Crippen LogP) is 4.09. The molecule has 0 spiro atoms. The van der Waals surface area contributed by atoms with E-state index in [1.165, 1.54) is 22.9 Å². The summed E-state index contributed by atoms with van der Waals surface area (Å²) in [4.78, 5) is 4.64. The van der Waals surface area contributed by atoms with Gasteiger partial charge in [0.1, 0.15) is 23.7 Å². The third kappa shape index (κ3) is 4.66. The van der Waals surface area contributed by atoms with E-state index in [1.54, 1.807) is 12.1 Å². The van der Waals surface area contributed by atoms with Crippen LogP contribution in [0.1, 0.15) is 5.56 Å². The minimum atomic E-state index is -3.26. The van der Waals surface area contributed by atoms with Crippen molar-refractivity contribution < 1.29 is 13.2 Å². The van der Waals surface area contributed by atoms with Crippen LogP contribution in [0.4, 0.5) is 5.69 Å². The van der Waals surface area contributed by atoms with Crippen molar-refractivity contribution in [3.63, 3.8) is 0 Å². The molecule has 4 rings (SSSR count). The molecule has 0 fully saturated rings. The molecule has 2 aromatic rings. The van der Waals surface area contributed by atoms with Gasteiger partial charge in [-0.25, -0.2) is 13.4 Å². The highest BCUT2D eigenvalue weighted by Crippen LogP contribution is 2.30. The Morgan fingerprint density at radius 2 is 2.00 bits per heavy atom. The van der Waals surface area contributed by atoms with E-state index in [4.69, 9.17) is 22.9 Å². The van der Waals surface area contributed by atoms with Gasteiger partial charge >= 0.3 is 0 Å². The number of rotatable bonds is 5. The molecule has 2 aromatic carbocycles. The Morgan fingerprint density at radius 1 is 1.23 bits per heavy atom. The summed E-state index contributed by atoms with van der Waals surface area (Å²) in [5.41, 5.74) is 2.37. The van der Waals surface area contributed by atoms with Crippen molar-refractivity contribution in [2.24, 2.45) is 4.99 Å². The molecule has 1 N–H and O–H groups in total. The van der Waals surface area contributed by atoms with Crippen LogP contribution in [0, 0.1) is 12.3 Å². The molecule has 1 heterocycles. The van der Waals surface area contributed by atoms with E-state index in [0.717, 1.165) is 23.1 Å². The molecule has 1 aliphatic carbocycles.